The minimum atomic E-state index is -1.27. The maximum absolute atomic E-state index is 6.21. The van der Waals surface area contributed by atoms with Gasteiger partial charge in [-0.3, -0.25) is 0 Å². The molecule has 252 valence electrons. The van der Waals surface area contributed by atoms with Crippen LogP contribution in [0.4, 0.5) is 0 Å². The van der Waals surface area contributed by atoms with Gasteiger partial charge >= 0.3 is 23.1 Å². The average molecular weight is 799 g/mol. The fraction of sp³-hybridized carbons (Fsp3) is 0.882. The van der Waals surface area contributed by atoms with Crippen LogP contribution in [0.1, 0.15) is 136 Å². The maximum atomic E-state index is 6.21. The van der Waals surface area contributed by atoms with Crippen LogP contribution in [0.3, 0.4) is 0 Å². The summed E-state index contributed by atoms with van der Waals surface area (Å²) < 4.78 is 0. The molecule has 0 N–H and O–H groups in total. The molecule has 0 saturated heterocycles. The molecule has 0 unspecified atom stereocenters. The summed E-state index contributed by atoms with van der Waals surface area (Å²) in [4.78, 5) is 0. The zero-order valence-electron chi connectivity index (χ0n) is 30.1. The molecule has 0 aliphatic carbocycles. The van der Waals surface area contributed by atoms with E-state index in [4.69, 9.17) is 17.5 Å². The minimum absolute atomic E-state index is 0. The zero-order chi connectivity index (χ0) is 32.5. The number of rotatable bonds is 21. The Bertz CT molecular complexity index is 637. The molecule has 0 aliphatic heterocycles. The van der Waals surface area contributed by atoms with Gasteiger partial charge in [-0.15, -0.1) is 11.1 Å². The quantitative estimate of drug-likeness (QED) is 0.0373. The molecule has 0 rings (SSSR count). The molecule has 0 saturated carbocycles. The molecule has 0 aromatic carbocycles. The first-order valence-corrected chi connectivity index (χ1v) is 30.0. The summed E-state index contributed by atoms with van der Waals surface area (Å²) in [5.41, 5.74) is 7.63. The predicted molar refractivity (Wildman–Crippen MR) is 217 cm³/mol. The van der Waals surface area contributed by atoms with Crippen LogP contribution in [0.2, 0.25) is 57.4 Å². The molecule has 0 aliphatic rings. The van der Waals surface area contributed by atoms with Crippen molar-refractivity contribution in [3.63, 3.8) is 0 Å². The van der Waals surface area contributed by atoms with E-state index in [0.717, 1.165) is 8.88 Å². The van der Waals surface area contributed by atoms with E-state index in [-0.39, 0.29) is 40.0 Å². The summed E-state index contributed by atoms with van der Waals surface area (Å²) in [6.45, 7) is 21.3. The third-order valence-electron chi connectivity index (χ3n) is 7.17. The van der Waals surface area contributed by atoms with Crippen molar-refractivity contribution in [1.29, 1.82) is 0 Å². The Morgan fingerprint density at radius 2 is 0.744 bits per heavy atom. The van der Waals surface area contributed by atoms with E-state index in [1.807, 2.05) is 0 Å². The van der Waals surface area contributed by atoms with E-state index in [1.165, 1.54) is 134 Å². The molecule has 0 aromatic heterocycles. The van der Waals surface area contributed by atoms with Crippen LogP contribution in [0.25, 0.3) is 0 Å². The van der Waals surface area contributed by atoms with Crippen LogP contribution < -0.4 is 17.0 Å². The van der Waals surface area contributed by atoms with Gasteiger partial charge in [-0.05, 0) is 18.1 Å². The fourth-order valence-corrected chi connectivity index (χ4v) is 11.2. The second-order valence-corrected chi connectivity index (χ2v) is 31.2. The molecule has 43 heavy (non-hydrogen) atoms. The number of halogens is 2. The third kappa shape index (κ3) is 59.9. The second kappa shape index (κ2) is 42.0. The normalized spacial score (nSPS) is 10.4. The van der Waals surface area contributed by atoms with Gasteiger partial charge in [0.1, 0.15) is 23.5 Å². The van der Waals surface area contributed by atoms with Gasteiger partial charge in [0.15, 0.2) is 0 Å². The van der Waals surface area contributed by atoms with E-state index in [9.17, 15) is 0 Å². The molecule has 0 amide bonds. The largest absolute Gasteiger partial charge is 2.00 e. The molecule has 0 bridgehead atoms. The van der Waals surface area contributed by atoms with Crippen molar-refractivity contribution in [2.24, 2.45) is 0 Å². The summed E-state index contributed by atoms with van der Waals surface area (Å²) in [5, 5.41) is 0. The summed E-state index contributed by atoms with van der Waals surface area (Å²) in [6.07, 6.45) is 34.3. The fourth-order valence-electron chi connectivity index (χ4n) is 4.48. The molecule has 0 spiro atoms. The van der Waals surface area contributed by atoms with Crippen LogP contribution >= 0.6 is 11.1 Å². The SMILES string of the molecule is CCCCCCCC[Si](C)(C)C#C[Si](C)(C)CCCCCCCC.CCCCCCCC[Si](C)(C)Cl.S=S=S.[Br-].[C-]#C.[Mg+2]. The van der Waals surface area contributed by atoms with Crippen molar-refractivity contribution in [3.05, 3.63) is 6.42 Å². The van der Waals surface area contributed by atoms with Crippen LogP contribution in [0.15, 0.2) is 0 Å². The molecule has 0 fully saturated rings. The van der Waals surface area contributed by atoms with Gasteiger partial charge in [0.25, 0.3) is 0 Å². The standard InChI is InChI=1S/C22H46Si2.C10H23ClSi.C2H.BrH.Mg.S3/c1-7-9-11-13-15-17-19-23(3,4)21-22-24(5,6)20-18-16-14-12-10-8-2;1-4-5-6-7-8-9-10-12(2,3)11;1-2;;;1-3-2/h7-20H2,1-6H3;4-10H2,1-3H3;1H;1H;;/q;;-1;;+2;/p-1. The minimum Gasteiger partial charge on any atom is -1.00 e. The van der Waals surface area contributed by atoms with E-state index in [1.54, 1.807) is 0 Å². The van der Waals surface area contributed by atoms with Gasteiger partial charge in [0.2, 0.25) is 0 Å². The van der Waals surface area contributed by atoms with E-state index in [0.29, 0.717) is 0 Å². The summed E-state index contributed by atoms with van der Waals surface area (Å²) in [7, 11) is -2.88. The van der Waals surface area contributed by atoms with Gasteiger partial charge in [-0.25, -0.2) is 0 Å². The van der Waals surface area contributed by atoms with E-state index >= 15 is 0 Å². The monoisotopic (exact) mass is 796 g/mol. The number of hydrogen-bond acceptors (Lipinski definition) is 2. The van der Waals surface area contributed by atoms with Gasteiger partial charge in [0, 0.05) is 31.3 Å². The number of hydrogen-bond donors (Lipinski definition) is 0. The van der Waals surface area contributed by atoms with Crippen molar-refractivity contribution in [2.45, 2.75) is 194 Å². The zero-order valence-corrected chi connectivity index (χ0v) is 39.3. The summed E-state index contributed by atoms with van der Waals surface area (Å²) in [5.74, 6) is 0. The Labute approximate surface area is 320 Å². The number of terminal acetylenes is 1. The first-order chi connectivity index (χ1) is 19.3. The van der Waals surface area contributed by atoms with Crippen LogP contribution in [0.5, 0.6) is 0 Å². The molecule has 0 radical (unpaired) electrons. The molecule has 0 atom stereocenters. The van der Waals surface area contributed by atoms with E-state index < -0.39 is 23.5 Å². The molecular formula is C34H70BrClMgS3Si3. The second-order valence-electron chi connectivity index (χ2n) is 13.4. The number of unbranched alkanes of at least 4 members (excludes halogenated alkanes) is 15. The van der Waals surface area contributed by atoms with E-state index in [2.05, 4.69) is 99.9 Å². The predicted octanol–water partition coefficient (Wildman–Crippen LogP) is 9.82. The van der Waals surface area contributed by atoms with Gasteiger partial charge in [-0.1, -0.05) is 176 Å². The molecular weight excluding hydrogens is 728 g/mol. The van der Waals surface area contributed by atoms with Crippen LogP contribution in [0, 0.1) is 23.9 Å². The first kappa shape index (κ1) is 57.2. The van der Waals surface area contributed by atoms with Crippen LogP contribution in [-0.2, 0) is 31.3 Å². The third-order valence-corrected chi connectivity index (χ3v) is 14.3. The van der Waals surface area contributed by atoms with Crippen molar-refractivity contribution < 1.29 is 17.0 Å². The molecule has 0 heterocycles. The molecule has 9 heteroatoms. The van der Waals surface area contributed by atoms with Crippen molar-refractivity contribution in [3.8, 4) is 17.5 Å². The topological polar surface area (TPSA) is 0 Å². The van der Waals surface area contributed by atoms with Crippen molar-refractivity contribution >= 4 is 88.9 Å². The summed E-state index contributed by atoms with van der Waals surface area (Å²) >= 11 is 14.5. The van der Waals surface area contributed by atoms with Crippen molar-refractivity contribution in [2.75, 3.05) is 0 Å². The smallest absolute Gasteiger partial charge is 1.00 e. The van der Waals surface area contributed by atoms with Gasteiger partial charge in [0.05, 0.1) is 0 Å². The molecule has 0 aromatic rings. The maximum Gasteiger partial charge on any atom is 2.00 e. The molecule has 0 nitrogen and oxygen atoms in total. The Morgan fingerprint density at radius 1 is 0.535 bits per heavy atom. The Balaban J connectivity index is -0.000000152. The first-order valence-electron chi connectivity index (χ1n) is 16.7. The van der Waals surface area contributed by atoms with Crippen LogP contribution in [-0.4, -0.2) is 46.6 Å². The summed E-state index contributed by atoms with van der Waals surface area (Å²) in [6, 6.07) is 4.11. The van der Waals surface area contributed by atoms with Gasteiger partial charge < -0.3 is 29.8 Å². The average Bonchev–Trinajstić information content (AvgIpc) is 2.91. The Hall–Kier alpha value is 1.97. The van der Waals surface area contributed by atoms with Gasteiger partial charge in [-0.2, -0.15) is 11.1 Å². The Morgan fingerprint density at radius 3 is 0.977 bits per heavy atom. The Kier molecular flexibility index (Phi) is 55.9. The van der Waals surface area contributed by atoms with Crippen molar-refractivity contribution in [1.82, 2.24) is 0 Å².